The van der Waals surface area contributed by atoms with Crippen LogP contribution in [0.1, 0.15) is 46.8 Å². The van der Waals surface area contributed by atoms with Gasteiger partial charge in [-0.3, -0.25) is 10.2 Å². The smallest absolute Gasteiger partial charge is 0.261 e. The van der Waals surface area contributed by atoms with Crippen LogP contribution in [0.2, 0.25) is 4.34 Å². The van der Waals surface area contributed by atoms with Gasteiger partial charge in [-0.15, -0.1) is 11.3 Å². The van der Waals surface area contributed by atoms with Crippen molar-refractivity contribution in [3.8, 4) is 11.3 Å². The highest BCUT2D eigenvalue weighted by atomic mass is 35.5. The second-order valence-electron chi connectivity index (χ2n) is 7.03. The molecule has 0 spiro atoms. The van der Waals surface area contributed by atoms with Crippen molar-refractivity contribution in [2.75, 3.05) is 13.1 Å². The van der Waals surface area contributed by atoms with E-state index in [1.54, 1.807) is 12.1 Å². The minimum Gasteiger partial charge on any atom is -0.359 e. The van der Waals surface area contributed by atoms with Crippen molar-refractivity contribution in [1.82, 2.24) is 15.4 Å². The van der Waals surface area contributed by atoms with E-state index < -0.39 is 0 Å². The summed E-state index contributed by atoms with van der Waals surface area (Å²) in [5, 5.41) is 15.4. The molecule has 3 heterocycles. The molecule has 1 aromatic carbocycles. The van der Waals surface area contributed by atoms with Gasteiger partial charge in [-0.2, -0.15) is 0 Å². The normalized spacial score (nSPS) is 14.8. The summed E-state index contributed by atoms with van der Waals surface area (Å²) in [5.41, 5.74) is 2.50. The van der Waals surface area contributed by atoms with Crippen LogP contribution >= 0.6 is 22.9 Å². The SMILES string of the molecule is C[C@@H](NC(=O)c1ccc(Cl)s1)c1cc(-c2ccc(C(=N)N3CCCC3)cc2)no1. The molecule has 8 heteroatoms. The van der Waals surface area contributed by atoms with Gasteiger partial charge in [0, 0.05) is 30.3 Å². The molecule has 0 unspecified atom stereocenters. The number of thiophene rings is 1. The third-order valence-corrected chi connectivity index (χ3v) is 6.21. The second kappa shape index (κ2) is 8.39. The Kier molecular flexibility index (Phi) is 5.69. The van der Waals surface area contributed by atoms with E-state index in [2.05, 4.69) is 15.4 Å². The van der Waals surface area contributed by atoms with Crippen LogP contribution in [0.4, 0.5) is 0 Å². The van der Waals surface area contributed by atoms with Gasteiger partial charge in [0.05, 0.1) is 15.3 Å². The van der Waals surface area contributed by atoms with E-state index in [0.717, 1.165) is 37.1 Å². The van der Waals surface area contributed by atoms with Crippen molar-refractivity contribution in [1.29, 1.82) is 5.41 Å². The van der Waals surface area contributed by atoms with Crippen LogP contribution in [0.15, 0.2) is 47.0 Å². The van der Waals surface area contributed by atoms with Crippen LogP contribution in [0, 0.1) is 5.41 Å². The molecule has 1 aliphatic heterocycles. The first kappa shape index (κ1) is 19.7. The number of nitrogens with zero attached hydrogens (tertiary/aromatic N) is 2. The zero-order valence-corrected chi connectivity index (χ0v) is 17.5. The van der Waals surface area contributed by atoms with E-state index in [0.29, 0.717) is 26.5 Å². The molecular weight excluding hydrogens is 408 g/mol. The quantitative estimate of drug-likeness (QED) is 0.444. The number of hydrogen-bond donors (Lipinski definition) is 2. The molecule has 3 aromatic rings. The summed E-state index contributed by atoms with van der Waals surface area (Å²) in [6.45, 7) is 3.75. The zero-order valence-electron chi connectivity index (χ0n) is 15.9. The van der Waals surface area contributed by atoms with Gasteiger partial charge in [0.15, 0.2) is 5.76 Å². The zero-order chi connectivity index (χ0) is 20.4. The molecule has 4 rings (SSSR count). The predicted octanol–water partition coefficient (Wildman–Crippen LogP) is 4.97. The second-order valence-corrected chi connectivity index (χ2v) is 8.75. The van der Waals surface area contributed by atoms with Crippen molar-refractivity contribution in [2.45, 2.75) is 25.8 Å². The first-order chi connectivity index (χ1) is 14.0. The van der Waals surface area contributed by atoms with E-state index in [4.69, 9.17) is 21.5 Å². The molecule has 0 aliphatic carbocycles. The lowest BCUT2D eigenvalue weighted by atomic mass is 10.1. The van der Waals surface area contributed by atoms with Crippen LogP contribution < -0.4 is 5.32 Å². The topological polar surface area (TPSA) is 82.2 Å². The van der Waals surface area contributed by atoms with Crippen LogP contribution in [0.25, 0.3) is 11.3 Å². The van der Waals surface area contributed by atoms with E-state index in [-0.39, 0.29) is 11.9 Å². The van der Waals surface area contributed by atoms with Gasteiger partial charge in [-0.25, -0.2) is 0 Å². The van der Waals surface area contributed by atoms with E-state index in [9.17, 15) is 4.79 Å². The fraction of sp³-hybridized carbons (Fsp3) is 0.286. The van der Waals surface area contributed by atoms with Crippen LogP contribution in [0.5, 0.6) is 0 Å². The van der Waals surface area contributed by atoms with E-state index >= 15 is 0 Å². The number of hydrogen-bond acceptors (Lipinski definition) is 5. The molecule has 150 valence electrons. The molecule has 0 saturated carbocycles. The number of benzene rings is 1. The average molecular weight is 429 g/mol. The van der Waals surface area contributed by atoms with Crippen LogP contribution in [-0.2, 0) is 0 Å². The van der Waals surface area contributed by atoms with Gasteiger partial charge in [-0.05, 0) is 31.9 Å². The number of aromatic nitrogens is 1. The maximum Gasteiger partial charge on any atom is 0.261 e. The van der Waals surface area contributed by atoms with Gasteiger partial charge < -0.3 is 14.7 Å². The molecule has 0 radical (unpaired) electrons. The highest BCUT2D eigenvalue weighted by molar-refractivity contribution is 7.18. The lowest BCUT2D eigenvalue weighted by Crippen LogP contribution is -2.27. The molecule has 1 fully saturated rings. The number of carbonyl (C=O) groups excluding carboxylic acids is 1. The summed E-state index contributed by atoms with van der Waals surface area (Å²) in [4.78, 5) is 14.9. The van der Waals surface area contributed by atoms with Crippen molar-refractivity contribution < 1.29 is 9.32 Å². The molecule has 2 N–H and O–H groups in total. The van der Waals surface area contributed by atoms with E-state index in [1.165, 1.54) is 11.3 Å². The summed E-state index contributed by atoms with van der Waals surface area (Å²) in [5.74, 6) is 0.946. The van der Waals surface area contributed by atoms with Gasteiger partial charge in [0.1, 0.15) is 11.5 Å². The number of likely N-dealkylation sites (tertiary alicyclic amines) is 1. The Morgan fingerprint density at radius 3 is 2.62 bits per heavy atom. The lowest BCUT2D eigenvalue weighted by Gasteiger charge is -2.18. The Labute approximate surface area is 178 Å². The Balaban J connectivity index is 1.42. The Morgan fingerprint density at radius 1 is 1.24 bits per heavy atom. The molecule has 2 aromatic heterocycles. The third-order valence-electron chi connectivity index (χ3n) is 4.98. The summed E-state index contributed by atoms with van der Waals surface area (Å²) >= 11 is 7.12. The monoisotopic (exact) mass is 428 g/mol. The molecular formula is C21H21ClN4O2S. The predicted molar refractivity (Wildman–Crippen MR) is 115 cm³/mol. The van der Waals surface area contributed by atoms with Crippen molar-refractivity contribution in [3.05, 3.63) is 63.0 Å². The summed E-state index contributed by atoms with van der Waals surface area (Å²) < 4.78 is 6.02. The first-order valence-corrected chi connectivity index (χ1v) is 10.7. The number of carbonyl (C=O) groups is 1. The lowest BCUT2D eigenvalue weighted by molar-refractivity contribution is 0.0938. The van der Waals surface area contributed by atoms with E-state index in [1.807, 2.05) is 37.3 Å². The number of rotatable bonds is 5. The maximum absolute atomic E-state index is 12.3. The Morgan fingerprint density at radius 2 is 1.97 bits per heavy atom. The standard InChI is InChI=1S/C21H21ClN4O2S/c1-13(24-21(27)18-8-9-19(22)29-18)17-12-16(25-28-17)14-4-6-15(7-5-14)20(23)26-10-2-3-11-26/h4-9,12-13,23H,2-3,10-11H2,1H3,(H,24,27)/t13-/m1/s1. The van der Waals surface area contributed by atoms with Crippen LogP contribution in [0.3, 0.4) is 0 Å². The molecule has 29 heavy (non-hydrogen) atoms. The van der Waals surface area contributed by atoms with Crippen molar-refractivity contribution in [3.63, 3.8) is 0 Å². The van der Waals surface area contributed by atoms with Gasteiger partial charge >= 0.3 is 0 Å². The minimum absolute atomic E-state index is 0.197. The fourth-order valence-corrected chi connectivity index (χ4v) is 4.27. The number of amidine groups is 1. The fourth-order valence-electron chi connectivity index (χ4n) is 3.33. The Bertz CT molecular complexity index is 1020. The van der Waals surface area contributed by atoms with Crippen LogP contribution in [-0.4, -0.2) is 34.9 Å². The highest BCUT2D eigenvalue weighted by Crippen LogP contribution is 2.25. The van der Waals surface area contributed by atoms with Crippen molar-refractivity contribution >= 4 is 34.7 Å². The number of nitrogens with one attached hydrogen (secondary N) is 2. The molecule has 1 amide bonds. The van der Waals surface area contributed by atoms with Gasteiger partial charge in [0.25, 0.3) is 5.91 Å². The molecule has 6 nitrogen and oxygen atoms in total. The average Bonchev–Trinajstić information content (AvgIpc) is 3.48. The largest absolute Gasteiger partial charge is 0.359 e. The minimum atomic E-state index is -0.327. The van der Waals surface area contributed by atoms with Gasteiger partial charge in [-0.1, -0.05) is 41.0 Å². The Hall–Kier alpha value is -2.64. The summed E-state index contributed by atoms with van der Waals surface area (Å²) in [6.07, 6.45) is 2.30. The number of halogens is 1. The summed E-state index contributed by atoms with van der Waals surface area (Å²) in [7, 11) is 0. The molecule has 1 saturated heterocycles. The summed E-state index contributed by atoms with van der Waals surface area (Å²) in [6, 6.07) is 12.7. The highest BCUT2D eigenvalue weighted by Gasteiger charge is 2.19. The third kappa shape index (κ3) is 4.36. The molecule has 1 aliphatic rings. The maximum atomic E-state index is 12.3. The molecule has 0 bridgehead atoms. The number of amides is 1. The molecule has 1 atom stereocenters. The van der Waals surface area contributed by atoms with Crippen molar-refractivity contribution in [2.24, 2.45) is 0 Å². The first-order valence-electron chi connectivity index (χ1n) is 9.48. The van der Waals surface area contributed by atoms with Gasteiger partial charge in [0.2, 0.25) is 0 Å².